The number of benzene rings is 2. The monoisotopic (exact) mass is 264 g/mol. The third-order valence-corrected chi connectivity index (χ3v) is 2.34. The predicted octanol–water partition coefficient (Wildman–Crippen LogP) is 2.44. The summed E-state index contributed by atoms with van der Waals surface area (Å²) in [5.74, 6) is -2.37. The van der Waals surface area contributed by atoms with Crippen LogP contribution in [0.5, 0.6) is 11.5 Å². The molecule has 0 unspecified atom stereocenters. The van der Waals surface area contributed by atoms with Crippen molar-refractivity contribution in [2.75, 3.05) is 5.73 Å². The topological polar surface area (TPSA) is 78.3 Å². The van der Waals surface area contributed by atoms with E-state index in [-0.39, 0.29) is 17.1 Å². The van der Waals surface area contributed by atoms with E-state index < -0.39 is 17.5 Å². The molecule has 4 N–H and O–H groups in total. The molecule has 0 saturated heterocycles. The smallest absolute Gasteiger partial charge is 0.252 e. The van der Waals surface area contributed by atoms with Crippen LogP contribution in [0.4, 0.5) is 14.5 Å². The molecule has 19 heavy (non-hydrogen) atoms. The van der Waals surface area contributed by atoms with Crippen molar-refractivity contribution < 1.29 is 18.3 Å². The van der Waals surface area contributed by atoms with Crippen LogP contribution in [0.1, 0.15) is 10.4 Å². The van der Waals surface area contributed by atoms with Crippen molar-refractivity contribution in [1.29, 1.82) is 0 Å². The summed E-state index contributed by atoms with van der Waals surface area (Å²) in [6.07, 6.45) is 0. The molecule has 0 atom stereocenters. The van der Waals surface area contributed by atoms with Gasteiger partial charge < -0.3 is 16.2 Å². The molecule has 2 aromatic rings. The Bertz CT molecular complexity index is 624. The maximum absolute atomic E-state index is 13.0. The normalized spacial score (nSPS) is 10.2. The SMILES string of the molecule is NC(=O)c1ccc(N)cc1Oc1cc(F)cc(F)c1. The van der Waals surface area contributed by atoms with Crippen molar-refractivity contribution in [3.8, 4) is 11.5 Å². The Morgan fingerprint density at radius 3 is 2.26 bits per heavy atom. The number of nitrogens with two attached hydrogens (primary N) is 2. The summed E-state index contributed by atoms with van der Waals surface area (Å²) < 4.78 is 31.3. The number of nitrogen functional groups attached to an aromatic ring is 1. The molecular formula is C13H10F2N2O2. The first-order chi connectivity index (χ1) is 8.95. The summed E-state index contributed by atoms with van der Waals surface area (Å²) in [4.78, 5) is 11.2. The van der Waals surface area contributed by atoms with Crippen LogP contribution in [0, 0.1) is 11.6 Å². The lowest BCUT2D eigenvalue weighted by atomic mass is 10.1. The molecule has 0 bridgehead atoms. The Morgan fingerprint density at radius 1 is 1.05 bits per heavy atom. The minimum atomic E-state index is -0.792. The summed E-state index contributed by atoms with van der Waals surface area (Å²) in [5, 5.41) is 0. The van der Waals surface area contributed by atoms with Gasteiger partial charge in [-0.05, 0) is 12.1 Å². The second kappa shape index (κ2) is 4.93. The number of hydrogen-bond acceptors (Lipinski definition) is 3. The van der Waals surface area contributed by atoms with Crippen LogP contribution in [-0.2, 0) is 0 Å². The van der Waals surface area contributed by atoms with Crippen molar-refractivity contribution >= 4 is 11.6 Å². The van der Waals surface area contributed by atoms with Gasteiger partial charge in [0.15, 0.2) is 0 Å². The Balaban J connectivity index is 2.42. The van der Waals surface area contributed by atoms with E-state index in [0.29, 0.717) is 11.8 Å². The van der Waals surface area contributed by atoms with Gasteiger partial charge in [0.25, 0.3) is 5.91 Å². The molecule has 0 saturated carbocycles. The minimum Gasteiger partial charge on any atom is -0.456 e. The van der Waals surface area contributed by atoms with E-state index in [1.165, 1.54) is 18.2 Å². The number of amides is 1. The fourth-order valence-electron chi connectivity index (χ4n) is 1.54. The molecule has 0 heterocycles. The maximum atomic E-state index is 13.0. The summed E-state index contributed by atoms with van der Waals surface area (Å²) in [6.45, 7) is 0. The Hall–Kier alpha value is -2.63. The summed E-state index contributed by atoms with van der Waals surface area (Å²) >= 11 is 0. The number of carbonyl (C=O) groups excluding carboxylic acids is 1. The molecule has 2 rings (SSSR count). The lowest BCUT2D eigenvalue weighted by molar-refractivity contribution is 0.0998. The summed E-state index contributed by atoms with van der Waals surface area (Å²) in [7, 11) is 0. The fourth-order valence-corrected chi connectivity index (χ4v) is 1.54. The second-order valence-electron chi connectivity index (χ2n) is 3.83. The molecule has 0 aliphatic carbocycles. The standard InChI is InChI=1S/C13H10F2N2O2/c14-7-3-8(15)5-10(4-7)19-12-6-9(16)1-2-11(12)13(17)18/h1-6H,16H2,(H2,17,18). The van der Waals surface area contributed by atoms with Gasteiger partial charge in [0.1, 0.15) is 23.1 Å². The minimum absolute atomic E-state index is 0.0394. The van der Waals surface area contributed by atoms with Crippen LogP contribution in [0.2, 0.25) is 0 Å². The van der Waals surface area contributed by atoms with E-state index >= 15 is 0 Å². The number of anilines is 1. The third kappa shape index (κ3) is 2.98. The molecule has 2 aromatic carbocycles. The highest BCUT2D eigenvalue weighted by Gasteiger charge is 2.12. The van der Waals surface area contributed by atoms with Crippen LogP contribution in [0.15, 0.2) is 36.4 Å². The average molecular weight is 264 g/mol. The van der Waals surface area contributed by atoms with Crippen molar-refractivity contribution in [1.82, 2.24) is 0 Å². The number of ether oxygens (including phenoxy) is 1. The van der Waals surface area contributed by atoms with Crippen LogP contribution >= 0.6 is 0 Å². The molecule has 0 spiro atoms. The van der Waals surface area contributed by atoms with Gasteiger partial charge in [-0.3, -0.25) is 4.79 Å². The van der Waals surface area contributed by atoms with E-state index in [9.17, 15) is 13.6 Å². The molecule has 0 aliphatic heterocycles. The molecular weight excluding hydrogens is 254 g/mol. The lowest BCUT2D eigenvalue weighted by Crippen LogP contribution is -2.12. The van der Waals surface area contributed by atoms with Gasteiger partial charge in [0.05, 0.1) is 5.56 Å². The van der Waals surface area contributed by atoms with E-state index in [2.05, 4.69) is 0 Å². The van der Waals surface area contributed by atoms with Crippen LogP contribution in [-0.4, -0.2) is 5.91 Å². The van der Waals surface area contributed by atoms with E-state index in [1.54, 1.807) is 0 Å². The van der Waals surface area contributed by atoms with Crippen molar-refractivity contribution in [3.05, 3.63) is 53.6 Å². The highest BCUT2D eigenvalue weighted by Crippen LogP contribution is 2.28. The van der Waals surface area contributed by atoms with Gasteiger partial charge in [-0.2, -0.15) is 0 Å². The Kier molecular flexibility index (Phi) is 3.33. The zero-order valence-corrected chi connectivity index (χ0v) is 9.69. The highest BCUT2D eigenvalue weighted by atomic mass is 19.1. The molecule has 1 amide bonds. The zero-order chi connectivity index (χ0) is 14.0. The number of rotatable bonds is 3. The van der Waals surface area contributed by atoms with Crippen LogP contribution in [0.25, 0.3) is 0 Å². The van der Waals surface area contributed by atoms with E-state index in [4.69, 9.17) is 16.2 Å². The van der Waals surface area contributed by atoms with Gasteiger partial charge >= 0.3 is 0 Å². The van der Waals surface area contributed by atoms with Crippen molar-refractivity contribution in [3.63, 3.8) is 0 Å². The van der Waals surface area contributed by atoms with Gasteiger partial charge in [0.2, 0.25) is 0 Å². The molecule has 0 aliphatic rings. The molecule has 0 aromatic heterocycles. The van der Waals surface area contributed by atoms with E-state index in [0.717, 1.165) is 12.1 Å². The molecule has 4 nitrogen and oxygen atoms in total. The second-order valence-corrected chi connectivity index (χ2v) is 3.83. The van der Waals surface area contributed by atoms with Gasteiger partial charge in [-0.1, -0.05) is 0 Å². The first kappa shape index (κ1) is 12.8. The number of halogens is 2. The van der Waals surface area contributed by atoms with Gasteiger partial charge in [0, 0.05) is 30.0 Å². The Labute approximate surface area is 107 Å². The fraction of sp³-hybridized carbons (Fsp3) is 0. The number of primary amides is 1. The zero-order valence-electron chi connectivity index (χ0n) is 9.69. The molecule has 6 heteroatoms. The number of carbonyl (C=O) groups is 1. The van der Waals surface area contributed by atoms with Crippen LogP contribution in [0.3, 0.4) is 0 Å². The predicted molar refractivity (Wildman–Crippen MR) is 65.8 cm³/mol. The third-order valence-electron chi connectivity index (χ3n) is 2.34. The first-order valence-electron chi connectivity index (χ1n) is 5.29. The summed E-state index contributed by atoms with van der Waals surface area (Å²) in [5.41, 5.74) is 11.1. The quantitative estimate of drug-likeness (QED) is 0.836. The average Bonchev–Trinajstić information content (AvgIpc) is 2.26. The van der Waals surface area contributed by atoms with Crippen LogP contribution < -0.4 is 16.2 Å². The van der Waals surface area contributed by atoms with Crippen molar-refractivity contribution in [2.45, 2.75) is 0 Å². The lowest BCUT2D eigenvalue weighted by Gasteiger charge is -2.10. The molecule has 98 valence electrons. The molecule has 0 fully saturated rings. The first-order valence-corrected chi connectivity index (χ1v) is 5.29. The molecule has 0 radical (unpaired) electrons. The largest absolute Gasteiger partial charge is 0.456 e. The van der Waals surface area contributed by atoms with E-state index in [1.807, 2.05) is 0 Å². The summed E-state index contributed by atoms with van der Waals surface area (Å²) in [6, 6.07) is 6.87. The number of hydrogen-bond donors (Lipinski definition) is 2. The van der Waals surface area contributed by atoms with Gasteiger partial charge in [-0.25, -0.2) is 8.78 Å². The maximum Gasteiger partial charge on any atom is 0.252 e. The van der Waals surface area contributed by atoms with Crippen molar-refractivity contribution in [2.24, 2.45) is 5.73 Å². The van der Waals surface area contributed by atoms with Gasteiger partial charge in [-0.15, -0.1) is 0 Å². The highest BCUT2D eigenvalue weighted by molar-refractivity contribution is 5.96. The Morgan fingerprint density at radius 2 is 1.68 bits per heavy atom.